The number of ether oxygens (including phenoxy) is 1. The largest absolute Gasteiger partial charge is 0.494 e. The maximum absolute atomic E-state index is 5.50. The van der Waals surface area contributed by atoms with Crippen LogP contribution in [0.2, 0.25) is 0 Å². The number of aromatic nitrogens is 1. The van der Waals surface area contributed by atoms with E-state index in [0.29, 0.717) is 6.61 Å². The Morgan fingerprint density at radius 1 is 1.11 bits per heavy atom. The minimum Gasteiger partial charge on any atom is -0.494 e. The lowest BCUT2D eigenvalue weighted by molar-refractivity contribution is 0.340. The van der Waals surface area contributed by atoms with Gasteiger partial charge in [0.25, 0.3) is 0 Å². The summed E-state index contributed by atoms with van der Waals surface area (Å²) in [4.78, 5) is 0. The smallest absolute Gasteiger partial charge is 0.119 e. The average molecular weight is 258 g/mol. The molecule has 0 aliphatic carbocycles. The fourth-order valence-electron chi connectivity index (χ4n) is 2.05. The molecule has 0 aliphatic heterocycles. The molecule has 3 nitrogen and oxygen atoms in total. The molecule has 0 spiro atoms. The molecule has 3 heteroatoms. The van der Waals surface area contributed by atoms with E-state index in [9.17, 15) is 0 Å². The zero-order valence-corrected chi connectivity index (χ0v) is 11.7. The van der Waals surface area contributed by atoms with Crippen molar-refractivity contribution in [2.24, 2.45) is 0 Å². The van der Waals surface area contributed by atoms with Crippen LogP contribution in [0.15, 0.2) is 42.7 Å². The van der Waals surface area contributed by atoms with Crippen molar-refractivity contribution in [2.75, 3.05) is 6.61 Å². The fourth-order valence-corrected chi connectivity index (χ4v) is 2.05. The van der Waals surface area contributed by atoms with Gasteiger partial charge in [0, 0.05) is 32.0 Å². The van der Waals surface area contributed by atoms with Crippen molar-refractivity contribution in [1.82, 2.24) is 9.88 Å². The summed E-state index contributed by atoms with van der Waals surface area (Å²) < 4.78 is 7.69. The molecule has 2 aromatic rings. The Hall–Kier alpha value is -1.74. The van der Waals surface area contributed by atoms with Gasteiger partial charge in [-0.1, -0.05) is 12.1 Å². The summed E-state index contributed by atoms with van der Waals surface area (Å²) in [6, 6.07) is 10.4. The molecular weight excluding hydrogens is 236 g/mol. The minimum absolute atomic E-state index is 0.710. The second-order valence-electron chi connectivity index (χ2n) is 4.53. The molecule has 2 rings (SSSR count). The highest BCUT2D eigenvalue weighted by atomic mass is 16.5. The summed E-state index contributed by atoms with van der Waals surface area (Å²) in [7, 11) is 0. The number of nitrogens with zero attached hydrogens (tertiary/aromatic N) is 1. The number of benzene rings is 1. The van der Waals surface area contributed by atoms with Crippen LogP contribution in [0.5, 0.6) is 5.75 Å². The van der Waals surface area contributed by atoms with E-state index in [2.05, 4.69) is 47.4 Å². The lowest BCUT2D eigenvalue weighted by Crippen LogP contribution is -2.12. The third-order valence-electron chi connectivity index (χ3n) is 3.04. The van der Waals surface area contributed by atoms with Gasteiger partial charge in [0.15, 0.2) is 0 Å². The van der Waals surface area contributed by atoms with Crippen molar-refractivity contribution >= 4 is 0 Å². The first-order chi connectivity index (χ1) is 9.31. The van der Waals surface area contributed by atoms with Crippen LogP contribution in [0.3, 0.4) is 0 Å². The van der Waals surface area contributed by atoms with E-state index in [1.807, 2.05) is 19.1 Å². The molecule has 1 heterocycles. The quantitative estimate of drug-likeness (QED) is 0.825. The van der Waals surface area contributed by atoms with Crippen molar-refractivity contribution in [3.8, 4) is 5.75 Å². The molecule has 102 valence electrons. The molecule has 0 saturated carbocycles. The molecule has 0 saturated heterocycles. The van der Waals surface area contributed by atoms with Gasteiger partial charge in [-0.05, 0) is 43.2 Å². The highest BCUT2D eigenvalue weighted by Gasteiger charge is 1.98. The van der Waals surface area contributed by atoms with Gasteiger partial charge < -0.3 is 14.6 Å². The molecule has 0 radical (unpaired) electrons. The summed E-state index contributed by atoms with van der Waals surface area (Å²) in [6.07, 6.45) is 4.30. The Morgan fingerprint density at radius 2 is 1.95 bits per heavy atom. The van der Waals surface area contributed by atoms with Gasteiger partial charge >= 0.3 is 0 Å². The summed E-state index contributed by atoms with van der Waals surface area (Å²) in [6.45, 7) is 7.64. The van der Waals surface area contributed by atoms with Crippen LogP contribution in [-0.4, -0.2) is 11.2 Å². The lowest BCUT2D eigenvalue weighted by atomic mass is 10.2. The Morgan fingerprint density at radius 3 is 2.68 bits per heavy atom. The highest BCUT2D eigenvalue weighted by molar-refractivity contribution is 5.28. The van der Waals surface area contributed by atoms with E-state index >= 15 is 0 Å². The van der Waals surface area contributed by atoms with E-state index in [4.69, 9.17) is 4.74 Å². The van der Waals surface area contributed by atoms with Crippen LogP contribution >= 0.6 is 0 Å². The molecule has 0 atom stereocenters. The molecule has 1 aromatic carbocycles. The van der Waals surface area contributed by atoms with E-state index in [1.165, 1.54) is 11.1 Å². The Balaban J connectivity index is 1.83. The Labute approximate surface area is 115 Å². The third-order valence-corrected chi connectivity index (χ3v) is 3.04. The summed E-state index contributed by atoms with van der Waals surface area (Å²) in [5, 5.41) is 3.46. The van der Waals surface area contributed by atoms with Gasteiger partial charge in [0.1, 0.15) is 5.75 Å². The normalized spacial score (nSPS) is 10.6. The van der Waals surface area contributed by atoms with E-state index < -0.39 is 0 Å². The highest BCUT2D eigenvalue weighted by Crippen LogP contribution is 2.13. The number of hydrogen-bond donors (Lipinski definition) is 1. The zero-order valence-electron chi connectivity index (χ0n) is 11.7. The van der Waals surface area contributed by atoms with Gasteiger partial charge in [0.05, 0.1) is 6.61 Å². The van der Waals surface area contributed by atoms with E-state index in [0.717, 1.165) is 25.4 Å². The van der Waals surface area contributed by atoms with E-state index in [1.54, 1.807) is 0 Å². The standard InChI is InChI=1S/C16H22N2O/c1-3-18-9-8-15(13-18)12-17-11-14-6-5-7-16(10-14)19-4-2/h5-10,13,17H,3-4,11-12H2,1-2H3. The van der Waals surface area contributed by atoms with Gasteiger partial charge in [-0.25, -0.2) is 0 Å². The number of hydrogen-bond acceptors (Lipinski definition) is 2. The van der Waals surface area contributed by atoms with Crippen LogP contribution < -0.4 is 10.1 Å². The van der Waals surface area contributed by atoms with Gasteiger partial charge in [-0.15, -0.1) is 0 Å². The Bertz CT molecular complexity index is 505. The van der Waals surface area contributed by atoms with Crippen molar-refractivity contribution in [3.63, 3.8) is 0 Å². The maximum atomic E-state index is 5.50. The summed E-state index contributed by atoms with van der Waals surface area (Å²) in [5.74, 6) is 0.943. The van der Waals surface area contributed by atoms with E-state index in [-0.39, 0.29) is 0 Å². The fraction of sp³-hybridized carbons (Fsp3) is 0.375. The van der Waals surface area contributed by atoms with Crippen molar-refractivity contribution < 1.29 is 4.74 Å². The lowest BCUT2D eigenvalue weighted by Gasteiger charge is -2.07. The second-order valence-corrected chi connectivity index (χ2v) is 4.53. The first-order valence-corrected chi connectivity index (χ1v) is 6.89. The Kier molecular flexibility index (Phi) is 5.04. The van der Waals surface area contributed by atoms with Crippen molar-refractivity contribution in [1.29, 1.82) is 0 Å². The average Bonchev–Trinajstić information content (AvgIpc) is 2.88. The molecule has 19 heavy (non-hydrogen) atoms. The molecule has 0 aliphatic rings. The number of aryl methyl sites for hydroxylation is 1. The molecular formula is C16H22N2O. The predicted molar refractivity (Wildman–Crippen MR) is 78.3 cm³/mol. The molecule has 0 fully saturated rings. The van der Waals surface area contributed by atoms with Crippen LogP contribution in [0, 0.1) is 0 Å². The van der Waals surface area contributed by atoms with Gasteiger partial charge in [-0.3, -0.25) is 0 Å². The topological polar surface area (TPSA) is 26.2 Å². The first kappa shape index (κ1) is 13.7. The van der Waals surface area contributed by atoms with Crippen molar-refractivity contribution in [2.45, 2.75) is 33.5 Å². The third kappa shape index (κ3) is 4.14. The summed E-state index contributed by atoms with van der Waals surface area (Å²) >= 11 is 0. The van der Waals surface area contributed by atoms with Crippen LogP contribution in [0.4, 0.5) is 0 Å². The van der Waals surface area contributed by atoms with Gasteiger partial charge in [0.2, 0.25) is 0 Å². The first-order valence-electron chi connectivity index (χ1n) is 6.89. The molecule has 1 aromatic heterocycles. The molecule has 1 N–H and O–H groups in total. The van der Waals surface area contributed by atoms with Crippen LogP contribution in [0.25, 0.3) is 0 Å². The number of nitrogens with one attached hydrogen (secondary N) is 1. The maximum Gasteiger partial charge on any atom is 0.119 e. The second kappa shape index (κ2) is 7.00. The molecule has 0 amide bonds. The SMILES string of the molecule is CCOc1cccc(CNCc2ccn(CC)c2)c1. The molecule has 0 unspecified atom stereocenters. The van der Waals surface area contributed by atoms with Crippen LogP contribution in [-0.2, 0) is 19.6 Å². The minimum atomic E-state index is 0.710. The monoisotopic (exact) mass is 258 g/mol. The summed E-state index contributed by atoms with van der Waals surface area (Å²) in [5.41, 5.74) is 2.57. The molecule has 0 bridgehead atoms. The van der Waals surface area contributed by atoms with Gasteiger partial charge in [-0.2, -0.15) is 0 Å². The zero-order chi connectivity index (χ0) is 13.5. The van der Waals surface area contributed by atoms with Crippen LogP contribution in [0.1, 0.15) is 25.0 Å². The number of rotatable bonds is 7. The van der Waals surface area contributed by atoms with Crippen molar-refractivity contribution in [3.05, 3.63) is 53.9 Å². The predicted octanol–water partition coefficient (Wildman–Crippen LogP) is 3.20.